The number of aromatic nitrogens is 3. The number of nitrogens with two attached hydrogens (primary N) is 1. The first-order valence-corrected chi connectivity index (χ1v) is 6.78. The van der Waals surface area contributed by atoms with E-state index >= 15 is 0 Å². The molecule has 18 heavy (non-hydrogen) atoms. The molecule has 2 heterocycles. The minimum Gasteiger partial charge on any atom is -0.384 e. The summed E-state index contributed by atoms with van der Waals surface area (Å²) in [5.41, 5.74) is 5.52. The van der Waals surface area contributed by atoms with Crippen molar-refractivity contribution in [3.05, 3.63) is 30.0 Å². The van der Waals surface area contributed by atoms with Crippen molar-refractivity contribution in [1.29, 1.82) is 0 Å². The summed E-state index contributed by atoms with van der Waals surface area (Å²) in [5, 5.41) is 3.95. The molecule has 0 atom stereocenters. The molecule has 0 saturated heterocycles. The second kappa shape index (κ2) is 5.86. The van der Waals surface area contributed by atoms with Gasteiger partial charge in [-0.15, -0.1) is 11.8 Å². The number of anilines is 1. The molecule has 0 saturated carbocycles. The maximum atomic E-state index is 5.52. The van der Waals surface area contributed by atoms with Crippen molar-refractivity contribution in [1.82, 2.24) is 15.1 Å². The monoisotopic (exact) mass is 264 g/mol. The highest BCUT2D eigenvalue weighted by Crippen LogP contribution is 2.21. The highest BCUT2D eigenvalue weighted by Gasteiger charge is 2.08. The fourth-order valence-corrected chi connectivity index (χ4v) is 2.12. The number of nitrogens with zero attached hydrogens (tertiary/aromatic N) is 3. The molecule has 0 bridgehead atoms. The van der Waals surface area contributed by atoms with E-state index in [1.807, 2.05) is 6.07 Å². The van der Waals surface area contributed by atoms with Gasteiger partial charge >= 0.3 is 0 Å². The van der Waals surface area contributed by atoms with Crippen LogP contribution in [0.25, 0.3) is 0 Å². The molecule has 0 aromatic carbocycles. The van der Waals surface area contributed by atoms with Gasteiger partial charge in [0.2, 0.25) is 5.89 Å². The molecule has 2 aromatic heterocycles. The van der Waals surface area contributed by atoms with E-state index in [-0.39, 0.29) is 0 Å². The standard InChI is InChI=1S/C12H16N4OS/c1-8(2)5-11-15-12(17-16-11)7-18-9-3-4-10(13)14-6-9/h3-4,6,8H,5,7H2,1-2H3,(H2,13,14). The van der Waals surface area contributed by atoms with E-state index in [2.05, 4.69) is 29.0 Å². The van der Waals surface area contributed by atoms with E-state index in [0.717, 1.165) is 17.1 Å². The van der Waals surface area contributed by atoms with Gasteiger partial charge in [0.15, 0.2) is 5.82 Å². The smallest absolute Gasteiger partial charge is 0.237 e. The van der Waals surface area contributed by atoms with Crippen molar-refractivity contribution in [2.45, 2.75) is 30.9 Å². The third-order valence-corrected chi connectivity index (χ3v) is 3.19. The Bertz CT molecular complexity index is 495. The summed E-state index contributed by atoms with van der Waals surface area (Å²) < 4.78 is 5.18. The molecule has 0 aliphatic rings. The lowest BCUT2D eigenvalue weighted by Gasteiger charge is -1.98. The van der Waals surface area contributed by atoms with Gasteiger partial charge in [0.1, 0.15) is 5.82 Å². The quantitative estimate of drug-likeness (QED) is 0.836. The van der Waals surface area contributed by atoms with Gasteiger partial charge in [0, 0.05) is 17.5 Å². The number of hydrogen-bond acceptors (Lipinski definition) is 6. The Kier molecular flexibility index (Phi) is 4.19. The third-order valence-electron chi connectivity index (χ3n) is 2.22. The summed E-state index contributed by atoms with van der Waals surface area (Å²) in [6.45, 7) is 4.26. The van der Waals surface area contributed by atoms with E-state index in [1.165, 1.54) is 0 Å². The van der Waals surface area contributed by atoms with Crippen LogP contribution in [0.4, 0.5) is 5.82 Å². The van der Waals surface area contributed by atoms with Crippen molar-refractivity contribution in [2.75, 3.05) is 5.73 Å². The predicted molar refractivity (Wildman–Crippen MR) is 71.1 cm³/mol. The SMILES string of the molecule is CC(C)Cc1noc(CSc2ccc(N)nc2)n1. The summed E-state index contributed by atoms with van der Waals surface area (Å²) in [6.07, 6.45) is 2.59. The molecule has 0 aliphatic heterocycles. The van der Waals surface area contributed by atoms with Crippen LogP contribution in [0.3, 0.4) is 0 Å². The van der Waals surface area contributed by atoms with Gasteiger partial charge in [-0.1, -0.05) is 19.0 Å². The fraction of sp³-hybridized carbons (Fsp3) is 0.417. The lowest BCUT2D eigenvalue weighted by molar-refractivity contribution is 0.382. The van der Waals surface area contributed by atoms with Crippen LogP contribution in [-0.2, 0) is 12.2 Å². The first-order valence-electron chi connectivity index (χ1n) is 5.79. The molecule has 0 fully saturated rings. The Morgan fingerprint density at radius 3 is 2.89 bits per heavy atom. The lowest BCUT2D eigenvalue weighted by Crippen LogP contribution is -1.96. The van der Waals surface area contributed by atoms with Crippen molar-refractivity contribution in [2.24, 2.45) is 5.92 Å². The molecular weight excluding hydrogens is 248 g/mol. The van der Waals surface area contributed by atoms with Gasteiger partial charge < -0.3 is 10.3 Å². The highest BCUT2D eigenvalue weighted by atomic mass is 32.2. The van der Waals surface area contributed by atoms with Gasteiger partial charge in [-0.25, -0.2) is 4.98 Å². The Hall–Kier alpha value is -1.56. The lowest BCUT2D eigenvalue weighted by atomic mass is 10.1. The molecule has 0 radical (unpaired) electrons. The molecule has 2 rings (SSSR count). The fourth-order valence-electron chi connectivity index (χ4n) is 1.42. The molecule has 0 amide bonds. The minimum absolute atomic E-state index is 0.524. The van der Waals surface area contributed by atoms with Crippen LogP contribution in [-0.4, -0.2) is 15.1 Å². The average molecular weight is 264 g/mol. The summed E-state index contributed by atoms with van der Waals surface area (Å²) in [4.78, 5) is 9.40. The molecule has 0 spiro atoms. The van der Waals surface area contributed by atoms with Crippen LogP contribution in [0.1, 0.15) is 25.6 Å². The zero-order chi connectivity index (χ0) is 13.0. The van der Waals surface area contributed by atoms with Crippen LogP contribution in [0.5, 0.6) is 0 Å². The first-order chi connectivity index (χ1) is 8.63. The van der Waals surface area contributed by atoms with Gasteiger partial charge in [-0.05, 0) is 18.1 Å². The number of rotatable bonds is 5. The van der Waals surface area contributed by atoms with E-state index in [4.69, 9.17) is 10.3 Å². The molecule has 2 N–H and O–H groups in total. The third kappa shape index (κ3) is 3.73. The van der Waals surface area contributed by atoms with E-state index in [0.29, 0.717) is 23.4 Å². The molecule has 5 nitrogen and oxygen atoms in total. The average Bonchev–Trinajstić information content (AvgIpc) is 2.75. The number of thioether (sulfide) groups is 1. The summed E-state index contributed by atoms with van der Waals surface area (Å²) in [7, 11) is 0. The Balaban J connectivity index is 1.90. The summed E-state index contributed by atoms with van der Waals surface area (Å²) in [6, 6.07) is 3.71. The zero-order valence-electron chi connectivity index (χ0n) is 10.5. The maximum absolute atomic E-state index is 5.52. The van der Waals surface area contributed by atoms with Crippen LogP contribution in [0.2, 0.25) is 0 Å². The van der Waals surface area contributed by atoms with Crippen molar-refractivity contribution >= 4 is 17.6 Å². The maximum Gasteiger partial charge on any atom is 0.237 e. The van der Waals surface area contributed by atoms with Gasteiger partial charge in [0.05, 0.1) is 5.75 Å². The first kappa shape index (κ1) is 12.9. The molecule has 96 valence electrons. The van der Waals surface area contributed by atoms with Gasteiger partial charge in [-0.3, -0.25) is 0 Å². The van der Waals surface area contributed by atoms with Crippen molar-refractivity contribution in [3.8, 4) is 0 Å². The van der Waals surface area contributed by atoms with Crippen molar-refractivity contribution < 1.29 is 4.52 Å². The predicted octanol–water partition coefficient (Wildman–Crippen LogP) is 2.54. The number of pyridine rings is 1. The number of nitrogen functional groups attached to an aromatic ring is 1. The van der Waals surface area contributed by atoms with Crippen LogP contribution >= 0.6 is 11.8 Å². The second-order valence-electron chi connectivity index (χ2n) is 4.41. The second-order valence-corrected chi connectivity index (χ2v) is 5.46. The Morgan fingerprint density at radius 1 is 1.39 bits per heavy atom. The van der Waals surface area contributed by atoms with Crippen LogP contribution in [0, 0.1) is 5.92 Å². The zero-order valence-corrected chi connectivity index (χ0v) is 11.3. The van der Waals surface area contributed by atoms with Crippen molar-refractivity contribution in [3.63, 3.8) is 0 Å². The van der Waals surface area contributed by atoms with E-state index in [1.54, 1.807) is 24.0 Å². The van der Waals surface area contributed by atoms with E-state index < -0.39 is 0 Å². The summed E-state index contributed by atoms with van der Waals surface area (Å²) in [5.74, 6) is 3.13. The topological polar surface area (TPSA) is 77.8 Å². The Labute approximate surface area is 110 Å². The molecule has 6 heteroatoms. The van der Waals surface area contributed by atoms with Gasteiger partial charge in [-0.2, -0.15) is 4.98 Å². The Morgan fingerprint density at radius 2 is 2.22 bits per heavy atom. The minimum atomic E-state index is 0.524. The molecule has 0 unspecified atom stereocenters. The number of hydrogen-bond donors (Lipinski definition) is 1. The van der Waals surface area contributed by atoms with E-state index in [9.17, 15) is 0 Å². The van der Waals surface area contributed by atoms with Crippen LogP contribution in [0.15, 0.2) is 27.7 Å². The normalized spacial score (nSPS) is 11.1. The molecule has 0 aliphatic carbocycles. The largest absolute Gasteiger partial charge is 0.384 e. The van der Waals surface area contributed by atoms with Gasteiger partial charge in [0.25, 0.3) is 0 Å². The highest BCUT2D eigenvalue weighted by molar-refractivity contribution is 7.98. The molecular formula is C12H16N4OS. The molecule has 2 aromatic rings. The summed E-state index contributed by atoms with van der Waals surface area (Å²) >= 11 is 1.60. The van der Waals surface area contributed by atoms with Crippen LogP contribution < -0.4 is 5.73 Å².